The van der Waals surface area contributed by atoms with Crippen molar-refractivity contribution in [2.75, 3.05) is 0 Å². The van der Waals surface area contributed by atoms with Crippen LogP contribution in [-0.2, 0) is 0 Å². The van der Waals surface area contributed by atoms with E-state index >= 15 is 0 Å². The standard InChI is InChI=1S/C5H5N2/c1-2-5-3-6-7-4-5/h3-4H,1H2,(H,6,7). The van der Waals surface area contributed by atoms with Gasteiger partial charge in [-0.05, 0) is 6.08 Å². The monoisotopic (exact) mass is 93.0 g/mol. The van der Waals surface area contributed by atoms with Gasteiger partial charge in [-0.15, -0.1) is 0 Å². The van der Waals surface area contributed by atoms with Crippen LogP contribution in [0.1, 0.15) is 5.56 Å². The Hall–Kier alpha value is -1.05. The molecule has 2 nitrogen and oxygen atoms in total. The second-order valence-electron chi connectivity index (χ2n) is 1.16. The molecule has 0 amide bonds. The smallest absolute Gasteiger partial charge is 0.0565 e. The second kappa shape index (κ2) is 1.60. The molecule has 35 valence electrons. The summed E-state index contributed by atoms with van der Waals surface area (Å²) in [4.78, 5) is 0. The van der Waals surface area contributed by atoms with Gasteiger partial charge < -0.3 is 0 Å². The number of hydrogen-bond donors (Lipinski definition) is 1. The van der Waals surface area contributed by atoms with E-state index in [1.807, 2.05) is 0 Å². The Morgan fingerprint density at radius 2 is 2.71 bits per heavy atom. The Balaban J connectivity index is 2.96. The first-order chi connectivity index (χ1) is 3.43. The molecule has 1 aromatic heterocycles. The lowest BCUT2D eigenvalue weighted by Gasteiger charge is -1.67. The van der Waals surface area contributed by atoms with Crippen LogP contribution in [0, 0.1) is 6.08 Å². The van der Waals surface area contributed by atoms with Gasteiger partial charge in [0.25, 0.3) is 0 Å². The molecule has 0 aliphatic carbocycles. The van der Waals surface area contributed by atoms with Crippen LogP contribution in [0.4, 0.5) is 0 Å². The van der Waals surface area contributed by atoms with Crippen molar-refractivity contribution in [1.82, 2.24) is 10.2 Å². The summed E-state index contributed by atoms with van der Waals surface area (Å²) in [6.45, 7) is 3.42. The normalized spacial score (nSPS) is 8.57. The third kappa shape index (κ3) is 0.682. The molecule has 0 fully saturated rings. The fraction of sp³-hybridized carbons (Fsp3) is 0. The van der Waals surface area contributed by atoms with E-state index in [0.29, 0.717) is 0 Å². The van der Waals surface area contributed by atoms with E-state index in [2.05, 4.69) is 22.9 Å². The predicted molar refractivity (Wildman–Crippen MR) is 26.6 cm³/mol. The fourth-order valence-electron chi connectivity index (χ4n) is 0.348. The maximum absolute atomic E-state index is 3.67. The highest BCUT2D eigenvalue weighted by molar-refractivity contribution is 5.10. The minimum Gasteiger partial charge on any atom is -0.285 e. The van der Waals surface area contributed by atoms with Crippen LogP contribution >= 0.6 is 0 Å². The third-order valence-corrected chi connectivity index (χ3v) is 0.702. The van der Waals surface area contributed by atoms with Gasteiger partial charge in [0.1, 0.15) is 0 Å². The van der Waals surface area contributed by atoms with Crippen LogP contribution in [-0.4, -0.2) is 10.2 Å². The highest BCUT2D eigenvalue weighted by Gasteiger charge is 1.79. The summed E-state index contributed by atoms with van der Waals surface area (Å²) in [5.74, 6) is 0. The quantitative estimate of drug-likeness (QED) is 0.545. The largest absolute Gasteiger partial charge is 0.285 e. The molecule has 0 aliphatic rings. The van der Waals surface area contributed by atoms with E-state index in [-0.39, 0.29) is 0 Å². The van der Waals surface area contributed by atoms with Crippen LogP contribution in [0.3, 0.4) is 0 Å². The van der Waals surface area contributed by atoms with Gasteiger partial charge in [0.2, 0.25) is 0 Å². The van der Waals surface area contributed by atoms with Gasteiger partial charge in [-0.1, -0.05) is 6.58 Å². The molecule has 0 aliphatic heterocycles. The van der Waals surface area contributed by atoms with E-state index < -0.39 is 0 Å². The molecule has 1 radical (unpaired) electrons. The van der Waals surface area contributed by atoms with Crippen molar-refractivity contribution in [2.45, 2.75) is 0 Å². The van der Waals surface area contributed by atoms with Crippen LogP contribution in [0.5, 0.6) is 0 Å². The van der Waals surface area contributed by atoms with Crippen molar-refractivity contribution >= 4 is 0 Å². The number of aromatic amines is 1. The zero-order valence-electron chi connectivity index (χ0n) is 3.81. The molecular formula is C5H5N2. The van der Waals surface area contributed by atoms with Gasteiger partial charge >= 0.3 is 0 Å². The number of nitrogens with zero attached hydrogens (tertiary/aromatic N) is 1. The van der Waals surface area contributed by atoms with Crippen LogP contribution in [0.2, 0.25) is 0 Å². The van der Waals surface area contributed by atoms with Crippen LogP contribution in [0.15, 0.2) is 19.0 Å². The minimum absolute atomic E-state index is 0.903. The van der Waals surface area contributed by atoms with E-state index in [1.165, 1.54) is 0 Å². The van der Waals surface area contributed by atoms with Crippen molar-refractivity contribution in [3.05, 3.63) is 30.6 Å². The Kier molecular flexibility index (Phi) is 0.941. The Bertz CT molecular complexity index is 141. The molecule has 2 heteroatoms. The minimum atomic E-state index is 0.903. The number of nitrogens with one attached hydrogen (secondary N) is 1. The number of hydrogen-bond acceptors (Lipinski definition) is 1. The van der Waals surface area contributed by atoms with E-state index in [9.17, 15) is 0 Å². The topological polar surface area (TPSA) is 28.7 Å². The Labute approximate surface area is 41.9 Å². The molecular weight excluding hydrogens is 88.1 g/mol. The SMILES string of the molecule is C=[C]c1cn[nH]c1. The van der Waals surface area contributed by atoms with Crippen molar-refractivity contribution < 1.29 is 0 Å². The van der Waals surface area contributed by atoms with E-state index in [0.717, 1.165) is 5.56 Å². The molecule has 0 saturated heterocycles. The van der Waals surface area contributed by atoms with Crippen molar-refractivity contribution in [1.29, 1.82) is 0 Å². The molecule has 1 aromatic rings. The molecule has 1 rings (SSSR count). The zero-order valence-corrected chi connectivity index (χ0v) is 3.81. The van der Waals surface area contributed by atoms with Gasteiger partial charge in [0.05, 0.1) is 6.20 Å². The van der Waals surface area contributed by atoms with Gasteiger partial charge in [-0.2, -0.15) is 5.10 Å². The zero-order chi connectivity index (χ0) is 5.11. The van der Waals surface area contributed by atoms with Gasteiger partial charge in [-0.25, -0.2) is 0 Å². The summed E-state index contributed by atoms with van der Waals surface area (Å²) < 4.78 is 0. The molecule has 0 bridgehead atoms. The number of H-pyrrole nitrogens is 1. The predicted octanol–water partition coefficient (Wildman–Crippen LogP) is 0.747. The third-order valence-electron chi connectivity index (χ3n) is 0.702. The van der Waals surface area contributed by atoms with Gasteiger partial charge in [0.15, 0.2) is 0 Å². The summed E-state index contributed by atoms with van der Waals surface area (Å²) in [6.07, 6.45) is 6.05. The molecule has 0 aromatic carbocycles. The molecule has 0 saturated carbocycles. The summed E-state index contributed by atoms with van der Waals surface area (Å²) in [7, 11) is 0. The van der Waals surface area contributed by atoms with Crippen molar-refractivity contribution in [3.63, 3.8) is 0 Å². The maximum Gasteiger partial charge on any atom is 0.0565 e. The van der Waals surface area contributed by atoms with Crippen LogP contribution < -0.4 is 0 Å². The number of aromatic nitrogens is 2. The Morgan fingerprint density at radius 1 is 1.86 bits per heavy atom. The highest BCUT2D eigenvalue weighted by atomic mass is 15.1. The van der Waals surface area contributed by atoms with E-state index in [4.69, 9.17) is 0 Å². The van der Waals surface area contributed by atoms with Crippen LogP contribution in [0.25, 0.3) is 0 Å². The molecule has 0 unspecified atom stereocenters. The average Bonchev–Trinajstić information content (AvgIpc) is 2.14. The van der Waals surface area contributed by atoms with Crippen molar-refractivity contribution in [2.24, 2.45) is 0 Å². The van der Waals surface area contributed by atoms with Gasteiger partial charge in [-0.3, -0.25) is 5.10 Å². The summed E-state index contributed by atoms with van der Waals surface area (Å²) in [6, 6.07) is 0. The molecule has 0 atom stereocenters. The molecule has 1 N–H and O–H groups in total. The lowest BCUT2D eigenvalue weighted by molar-refractivity contribution is 1.09. The van der Waals surface area contributed by atoms with Crippen molar-refractivity contribution in [3.8, 4) is 0 Å². The maximum atomic E-state index is 3.67. The Morgan fingerprint density at radius 3 is 3.00 bits per heavy atom. The highest BCUT2D eigenvalue weighted by Crippen LogP contribution is 1.88. The fourth-order valence-corrected chi connectivity index (χ4v) is 0.348. The first kappa shape index (κ1) is 4.12. The van der Waals surface area contributed by atoms with E-state index in [1.54, 1.807) is 12.4 Å². The number of rotatable bonds is 1. The summed E-state index contributed by atoms with van der Waals surface area (Å²) in [5, 5.41) is 6.29. The molecule has 0 spiro atoms. The molecule has 7 heavy (non-hydrogen) atoms. The first-order valence-electron chi connectivity index (χ1n) is 1.95. The second-order valence-corrected chi connectivity index (χ2v) is 1.16. The lowest BCUT2D eigenvalue weighted by atomic mass is 10.4. The molecule has 1 heterocycles. The van der Waals surface area contributed by atoms with Gasteiger partial charge in [0, 0.05) is 11.8 Å². The summed E-state index contributed by atoms with van der Waals surface area (Å²) >= 11 is 0. The lowest BCUT2D eigenvalue weighted by Crippen LogP contribution is -1.56. The first-order valence-corrected chi connectivity index (χ1v) is 1.95. The summed E-state index contributed by atoms with van der Waals surface area (Å²) in [5.41, 5.74) is 0.903. The average molecular weight is 93.1 g/mol.